The Balaban J connectivity index is 1.69. The van der Waals surface area contributed by atoms with Gasteiger partial charge in [0.15, 0.2) is 0 Å². The molecular weight excluding hydrogens is 453 g/mol. The van der Waals surface area contributed by atoms with Crippen molar-refractivity contribution >= 4 is 11.6 Å². The van der Waals surface area contributed by atoms with Crippen LogP contribution >= 0.6 is 0 Å². The van der Waals surface area contributed by atoms with Gasteiger partial charge in [0.05, 0.1) is 0 Å². The standard InChI is InChI=1S/C31H34FNO3/c1-21(19-22-9-7-12-26(20-22)36-31(2,3)4)33(25-17-15-24(32)16-18-25)30(35)29-27-13-6-5-10-23(27)11-8-14-28(29)34/h6-9,11-18,20-21,29,34H,5,10,19H2,1-4H3. The first kappa shape index (κ1) is 25.5. The Morgan fingerprint density at radius 3 is 2.64 bits per heavy atom. The van der Waals surface area contributed by atoms with Crippen LogP contribution in [0.5, 0.6) is 5.75 Å². The van der Waals surface area contributed by atoms with Crippen LogP contribution in [0.15, 0.2) is 95.8 Å². The second-order valence-electron chi connectivity index (χ2n) is 10.4. The molecule has 5 heteroatoms. The predicted molar refractivity (Wildman–Crippen MR) is 143 cm³/mol. The number of hydrogen-bond acceptors (Lipinski definition) is 3. The number of rotatable bonds is 6. The summed E-state index contributed by atoms with van der Waals surface area (Å²) in [6.45, 7) is 7.98. The van der Waals surface area contributed by atoms with Crippen molar-refractivity contribution in [2.24, 2.45) is 5.92 Å². The Kier molecular flexibility index (Phi) is 7.48. The number of ether oxygens (including phenoxy) is 1. The lowest BCUT2D eigenvalue weighted by Crippen LogP contribution is -2.44. The van der Waals surface area contributed by atoms with E-state index in [2.05, 4.69) is 0 Å². The van der Waals surface area contributed by atoms with Gasteiger partial charge in [0.1, 0.15) is 28.8 Å². The fourth-order valence-corrected chi connectivity index (χ4v) is 4.80. The van der Waals surface area contributed by atoms with Crippen molar-refractivity contribution in [1.82, 2.24) is 0 Å². The molecule has 1 amide bonds. The Morgan fingerprint density at radius 1 is 1.17 bits per heavy atom. The maximum atomic E-state index is 14.2. The summed E-state index contributed by atoms with van der Waals surface area (Å²) < 4.78 is 19.8. The van der Waals surface area contributed by atoms with E-state index in [-0.39, 0.29) is 29.1 Å². The number of aliphatic hydroxyl groups is 1. The van der Waals surface area contributed by atoms with Gasteiger partial charge < -0.3 is 14.7 Å². The highest BCUT2D eigenvalue weighted by Crippen LogP contribution is 2.35. The van der Waals surface area contributed by atoms with E-state index in [0.29, 0.717) is 12.1 Å². The maximum Gasteiger partial charge on any atom is 0.242 e. The monoisotopic (exact) mass is 487 g/mol. The molecule has 2 unspecified atom stereocenters. The van der Waals surface area contributed by atoms with Crippen LogP contribution < -0.4 is 9.64 Å². The average molecular weight is 488 g/mol. The zero-order valence-corrected chi connectivity index (χ0v) is 21.4. The predicted octanol–water partition coefficient (Wildman–Crippen LogP) is 7.24. The molecule has 36 heavy (non-hydrogen) atoms. The highest BCUT2D eigenvalue weighted by Gasteiger charge is 2.35. The highest BCUT2D eigenvalue weighted by molar-refractivity contribution is 5.99. The third-order valence-corrected chi connectivity index (χ3v) is 6.30. The number of carbonyl (C=O) groups is 1. The van der Waals surface area contributed by atoms with Crippen LogP contribution in [0.4, 0.5) is 10.1 Å². The van der Waals surface area contributed by atoms with Gasteiger partial charge in [-0.3, -0.25) is 4.79 Å². The minimum Gasteiger partial charge on any atom is -0.511 e. The molecule has 0 radical (unpaired) electrons. The van der Waals surface area contributed by atoms with Crippen molar-refractivity contribution in [3.8, 4) is 5.75 Å². The van der Waals surface area contributed by atoms with Gasteiger partial charge in [0, 0.05) is 11.7 Å². The molecule has 0 spiro atoms. The molecule has 0 aromatic heterocycles. The first-order chi connectivity index (χ1) is 17.1. The zero-order valence-electron chi connectivity index (χ0n) is 21.4. The van der Waals surface area contributed by atoms with Crippen molar-refractivity contribution in [3.05, 3.63) is 107 Å². The summed E-state index contributed by atoms with van der Waals surface area (Å²) in [5.41, 5.74) is 3.15. The molecule has 1 N–H and O–H groups in total. The second kappa shape index (κ2) is 10.6. The number of anilines is 1. The van der Waals surface area contributed by atoms with Crippen LogP contribution in [-0.2, 0) is 11.2 Å². The summed E-state index contributed by atoms with van der Waals surface area (Å²) in [7, 11) is 0. The number of allylic oxidation sites excluding steroid dienone is 6. The summed E-state index contributed by atoms with van der Waals surface area (Å²) in [6.07, 6.45) is 11.6. The van der Waals surface area contributed by atoms with E-state index in [0.717, 1.165) is 35.3 Å². The highest BCUT2D eigenvalue weighted by atomic mass is 19.1. The summed E-state index contributed by atoms with van der Waals surface area (Å²) in [4.78, 5) is 15.9. The van der Waals surface area contributed by atoms with E-state index in [1.807, 2.05) is 70.2 Å². The number of amides is 1. The molecule has 2 aliphatic rings. The molecule has 0 heterocycles. The van der Waals surface area contributed by atoms with Gasteiger partial charge in [-0.1, -0.05) is 36.4 Å². The summed E-state index contributed by atoms with van der Waals surface area (Å²) in [5, 5.41) is 10.9. The molecule has 188 valence electrons. The Hall–Kier alpha value is -3.60. The van der Waals surface area contributed by atoms with Crippen LogP contribution in [0.1, 0.15) is 46.1 Å². The molecule has 0 bridgehead atoms. The quantitative estimate of drug-likeness (QED) is 0.467. The van der Waals surface area contributed by atoms with E-state index in [4.69, 9.17) is 4.74 Å². The molecular formula is C31H34FNO3. The molecule has 4 rings (SSSR count). The van der Waals surface area contributed by atoms with E-state index in [9.17, 15) is 14.3 Å². The second-order valence-corrected chi connectivity index (χ2v) is 10.4. The van der Waals surface area contributed by atoms with Crippen LogP contribution in [0, 0.1) is 11.7 Å². The van der Waals surface area contributed by atoms with Crippen LogP contribution in [0.3, 0.4) is 0 Å². The third-order valence-electron chi connectivity index (χ3n) is 6.30. The Bertz CT molecular complexity index is 1230. The first-order valence-corrected chi connectivity index (χ1v) is 12.5. The van der Waals surface area contributed by atoms with Gasteiger partial charge in [-0.15, -0.1) is 0 Å². The zero-order chi connectivity index (χ0) is 25.9. The van der Waals surface area contributed by atoms with E-state index < -0.39 is 5.92 Å². The fourth-order valence-electron chi connectivity index (χ4n) is 4.80. The number of hydrogen-bond donors (Lipinski definition) is 1. The van der Waals surface area contributed by atoms with Crippen LogP contribution in [0.25, 0.3) is 0 Å². The molecule has 2 aromatic carbocycles. The van der Waals surface area contributed by atoms with Gasteiger partial charge in [-0.2, -0.15) is 0 Å². The summed E-state index contributed by atoms with van der Waals surface area (Å²) >= 11 is 0. The maximum absolute atomic E-state index is 14.2. The van der Waals surface area contributed by atoms with Crippen molar-refractivity contribution in [1.29, 1.82) is 0 Å². The van der Waals surface area contributed by atoms with E-state index >= 15 is 0 Å². The number of carbonyl (C=O) groups excluding carboxylic acids is 1. The van der Waals surface area contributed by atoms with Crippen molar-refractivity contribution in [2.45, 2.75) is 58.6 Å². The number of nitrogens with zero attached hydrogens (tertiary/aromatic N) is 1. The normalized spacial score (nSPS) is 18.2. The van der Waals surface area contributed by atoms with Gasteiger partial charge >= 0.3 is 0 Å². The third kappa shape index (κ3) is 5.96. The molecule has 4 nitrogen and oxygen atoms in total. The number of aliphatic hydroxyl groups excluding tert-OH is 1. The average Bonchev–Trinajstić information content (AvgIpc) is 2.97. The van der Waals surface area contributed by atoms with Crippen molar-refractivity contribution in [2.75, 3.05) is 4.90 Å². The summed E-state index contributed by atoms with van der Waals surface area (Å²) in [6, 6.07) is 13.5. The minimum absolute atomic E-state index is 0.00712. The molecule has 0 saturated heterocycles. The topological polar surface area (TPSA) is 49.8 Å². The molecule has 0 saturated carbocycles. The largest absolute Gasteiger partial charge is 0.511 e. The van der Waals surface area contributed by atoms with Crippen LogP contribution in [-0.4, -0.2) is 22.7 Å². The fraction of sp³-hybridized carbons (Fsp3) is 0.323. The minimum atomic E-state index is -0.824. The lowest BCUT2D eigenvalue weighted by atomic mass is 9.86. The van der Waals surface area contributed by atoms with E-state index in [1.165, 1.54) is 12.1 Å². The smallest absolute Gasteiger partial charge is 0.242 e. The van der Waals surface area contributed by atoms with Gasteiger partial charge in [0.2, 0.25) is 5.91 Å². The van der Waals surface area contributed by atoms with E-state index in [1.54, 1.807) is 29.2 Å². The summed E-state index contributed by atoms with van der Waals surface area (Å²) in [5.74, 6) is -0.660. The van der Waals surface area contributed by atoms with Gasteiger partial charge in [0.25, 0.3) is 0 Å². The van der Waals surface area contributed by atoms with Crippen LogP contribution in [0.2, 0.25) is 0 Å². The van der Waals surface area contributed by atoms with Gasteiger partial charge in [-0.25, -0.2) is 4.39 Å². The van der Waals surface area contributed by atoms with Gasteiger partial charge in [-0.05, 0) is 106 Å². The molecule has 2 atom stereocenters. The Morgan fingerprint density at radius 2 is 1.92 bits per heavy atom. The van der Waals surface area contributed by atoms with Crippen molar-refractivity contribution in [3.63, 3.8) is 0 Å². The molecule has 2 aromatic rings. The Labute approximate surface area is 213 Å². The SMILES string of the molecule is CC(Cc1cccc(OC(C)(C)C)c1)N(C(=O)C1C(O)=CC=CC2=C1C=CCC2)c1ccc(F)cc1. The number of halogens is 1. The number of benzene rings is 2. The molecule has 0 aliphatic heterocycles. The lowest BCUT2D eigenvalue weighted by Gasteiger charge is -2.34. The van der Waals surface area contributed by atoms with Crippen molar-refractivity contribution < 1.29 is 19.0 Å². The molecule has 0 fully saturated rings. The molecule has 2 aliphatic carbocycles. The lowest BCUT2D eigenvalue weighted by molar-refractivity contribution is -0.121. The first-order valence-electron chi connectivity index (χ1n) is 12.5.